The number of aryl methyl sites for hydroxylation is 1. The molecule has 0 radical (unpaired) electrons. The van der Waals surface area contributed by atoms with Crippen LogP contribution < -0.4 is 10.6 Å². The predicted molar refractivity (Wildman–Crippen MR) is 159 cm³/mol. The molecule has 1 atom stereocenters. The number of benzene rings is 2. The van der Waals surface area contributed by atoms with Crippen molar-refractivity contribution in [2.24, 2.45) is 5.92 Å². The zero-order valence-corrected chi connectivity index (χ0v) is 23.0. The van der Waals surface area contributed by atoms with Crippen LogP contribution in [0.3, 0.4) is 0 Å². The third-order valence-corrected chi connectivity index (χ3v) is 5.41. The van der Waals surface area contributed by atoms with Crippen molar-refractivity contribution in [3.63, 3.8) is 0 Å². The van der Waals surface area contributed by atoms with E-state index in [-0.39, 0.29) is 5.92 Å². The second-order valence-corrected chi connectivity index (χ2v) is 8.72. The average Bonchev–Trinajstić information content (AvgIpc) is 2.87. The van der Waals surface area contributed by atoms with Crippen LogP contribution in [0, 0.1) is 12.8 Å². The summed E-state index contributed by atoms with van der Waals surface area (Å²) in [5, 5.41) is 6.25. The maximum absolute atomic E-state index is 4.18. The first-order valence-electron chi connectivity index (χ1n) is 11.8. The molecular weight excluding hydrogens is 492 g/mol. The molecule has 3 heteroatoms. The molecule has 35 heavy (non-hydrogen) atoms. The zero-order chi connectivity index (χ0) is 25.7. The lowest BCUT2D eigenvalue weighted by molar-refractivity contribution is 0.787. The summed E-state index contributed by atoms with van der Waals surface area (Å²) in [6.45, 7) is 8.26. The Hall–Kier alpha value is -3.30. The van der Waals surface area contributed by atoms with Crippen molar-refractivity contribution in [1.82, 2.24) is 10.6 Å². The highest BCUT2D eigenvalue weighted by molar-refractivity contribution is 9.10. The van der Waals surface area contributed by atoms with Gasteiger partial charge in [0.1, 0.15) is 0 Å². The second kappa shape index (κ2) is 19.1. The zero-order valence-electron chi connectivity index (χ0n) is 21.4. The van der Waals surface area contributed by atoms with Crippen LogP contribution >= 0.6 is 15.9 Å². The molecule has 184 valence electrons. The van der Waals surface area contributed by atoms with Crippen LogP contribution in [-0.2, 0) is 6.42 Å². The topological polar surface area (TPSA) is 24.1 Å². The van der Waals surface area contributed by atoms with E-state index in [0.717, 1.165) is 22.2 Å². The molecule has 0 fully saturated rings. The Morgan fingerprint density at radius 1 is 0.914 bits per heavy atom. The smallest absolute Gasteiger partial charge is 0.0370 e. The van der Waals surface area contributed by atoms with Gasteiger partial charge in [-0.25, -0.2) is 0 Å². The minimum atomic E-state index is 0.264. The van der Waals surface area contributed by atoms with Gasteiger partial charge in [0.05, 0.1) is 0 Å². The quantitative estimate of drug-likeness (QED) is 0.285. The average molecular weight is 532 g/mol. The minimum absolute atomic E-state index is 0.264. The van der Waals surface area contributed by atoms with Crippen molar-refractivity contribution in [2.75, 3.05) is 14.1 Å². The van der Waals surface area contributed by atoms with Gasteiger partial charge >= 0.3 is 0 Å². The summed E-state index contributed by atoms with van der Waals surface area (Å²) in [5.41, 5.74) is 4.62. The predicted octanol–water partition coefficient (Wildman–Crippen LogP) is 8.24. The normalized spacial score (nSPS) is 13.0. The molecule has 0 bridgehead atoms. The highest BCUT2D eigenvalue weighted by Gasteiger charge is 2.06. The summed E-state index contributed by atoms with van der Waals surface area (Å²) in [5.74, 6) is 0.264. The van der Waals surface area contributed by atoms with Crippen molar-refractivity contribution in [3.05, 3.63) is 155 Å². The molecule has 2 N–H and O–H groups in total. The van der Waals surface area contributed by atoms with Gasteiger partial charge in [-0.3, -0.25) is 0 Å². The van der Waals surface area contributed by atoms with Crippen LogP contribution in [0.1, 0.15) is 18.1 Å². The largest absolute Gasteiger partial charge is 0.394 e. The molecule has 0 aliphatic carbocycles. The van der Waals surface area contributed by atoms with Gasteiger partial charge < -0.3 is 10.6 Å². The van der Waals surface area contributed by atoms with Gasteiger partial charge in [-0.1, -0.05) is 125 Å². The summed E-state index contributed by atoms with van der Waals surface area (Å²) in [6, 6.07) is 18.8. The van der Waals surface area contributed by atoms with Crippen molar-refractivity contribution >= 4 is 15.9 Å². The van der Waals surface area contributed by atoms with Crippen molar-refractivity contribution < 1.29 is 0 Å². The van der Waals surface area contributed by atoms with Gasteiger partial charge in [0.2, 0.25) is 0 Å². The van der Waals surface area contributed by atoms with Crippen LogP contribution in [0.25, 0.3) is 0 Å². The van der Waals surface area contributed by atoms with Gasteiger partial charge in [-0.2, -0.15) is 0 Å². The molecule has 0 aliphatic heterocycles. The van der Waals surface area contributed by atoms with Gasteiger partial charge in [0.25, 0.3) is 0 Å². The number of rotatable bonds is 11. The third-order valence-electron chi connectivity index (χ3n) is 4.88. The van der Waals surface area contributed by atoms with E-state index in [9.17, 15) is 0 Å². The van der Waals surface area contributed by atoms with Gasteiger partial charge in [-0.05, 0) is 55.8 Å². The van der Waals surface area contributed by atoms with Crippen LogP contribution in [-0.4, -0.2) is 14.1 Å². The lowest BCUT2D eigenvalue weighted by Gasteiger charge is -2.13. The van der Waals surface area contributed by atoms with Crippen molar-refractivity contribution in [2.45, 2.75) is 20.3 Å². The molecule has 0 saturated carbocycles. The third kappa shape index (κ3) is 14.5. The number of hydrogen-bond donors (Lipinski definition) is 2. The molecule has 0 aromatic heterocycles. The van der Waals surface area contributed by atoms with E-state index in [4.69, 9.17) is 0 Å². The first-order chi connectivity index (χ1) is 17.0. The first kappa shape index (κ1) is 29.7. The van der Waals surface area contributed by atoms with Crippen molar-refractivity contribution in [1.29, 1.82) is 0 Å². The Labute approximate surface area is 221 Å². The fourth-order valence-corrected chi connectivity index (χ4v) is 3.29. The fourth-order valence-electron chi connectivity index (χ4n) is 3.03. The standard InChI is InChI=1S/C25H32N2.C7H7Br/c1-5-6-10-15-22(2)25(27-4)21-24(18-11-7-8-14-19-26-3)20-23-16-12-9-13-17-23;1-6-2-4-7(8)5-3-6/h5-19,21,24,26-27H,2,20H2,1,3-4H3;2-5H,1H3/b6-5-,8-7-,15-10-,18-11+,19-14-,25-21-;. The lowest BCUT2D eigenvalue weighted by atomic mass is 9.96. The molecule has 0 saturated heterocycles. The summed E-state index contributed by atoms with van der Waals surface area (Å²) in [6.07, 6.45) is 23.4. The molecule has 0 heterocycles. The first-order valence-corrected chi connectivity index (χ1v) is 12.6. The minimum Gasteiger partial charge on any atom is -0.394 e. The molecule has 2 rings (SSSR count). The van der Waals surface area contributed by atoms with Crippen LogP contribution in [0.15, 0.2) is 144 Å². The van der Waals surface area contributed by atoms with E-state index >= 15 is 0 Å². The molecule has 1 unspecified atom stereocenters. The second-order valence-electron chi connectivity index (χ2n) is 7.81. The Balaban J connectivity index is 0.000000642. The van der Waals surface area contributed by atoms with E-state index in [1.807, 2.05) is 88.0 Å². The molecule has 2 aromatic rings. The molecule has 0 aliphatic rings. The van der Waals surface area contributed by atoms with Crippen molar-refractivity contribution in [3.8, 4) is 0 Å². The summed E-state index contributed by atoms with van der Waals surface area (Å²) in [7, 11) is 3.82. The number of halogens is 1. The van der Waals surface area contributed by atoms with Crippen LogP contribution in [0.4, 0.5) is 0 Å². The summed E-state index contributed by atoms with van der Waals surface area (Å²) in [4.78, 5) is 0. The van der Waals surface area contributed by atoms with Gasteiger partial charge in [0, 0.05) is 30.2 Å². The van der Waals surface area contributed by atoms with E-state index in [1.54, 1.807) is 0 Å². The molecule has 0 amide bonds. The monoisotopic (exact) mass is 530 g/mol. The summed E-state index contributed by atoms with van der Waals surface area (Å²) < 4.78 is 1.14. The number of hydrogen-bond acceptors (Lipinski definition) is 2. The van der Waals surface area contributed by atoms with E-state index in [2.05, 4.69) is 94.7 Å². The molecule has 2 aromatic carbocycles. The molecule has 2 nitrogen and oxygen atoms in total. The fraction of sp³-hybridized carbons (Fsp3) is 0.188. The Bertz CT molecular complexity index is 1000. The van der Waals surface area contributed by atoms with Crippen LogP contribution in [0.5, 0.6) is 0 Å². The Kier molecular flexibility index (Phi) is 16.2. The highest BCUT2D eigenvalue weighted by atomic mass is 79.9. The van der Waals surface area contributed by atoms with E-state index in [0.29, 0.717) is 0 Å². The molecular formula is C32H39BrN2. The Morgan fingerprint density at radius 3 is 2.20 bits per heavy atom. The SMILES string of the molecule is C=C(/C=C\C=C/C)/C(=C/C(/C=C/C=C\C=C/NC)Cc1ccccc1)NC.Cc1ccc(Br)cc1. The molecule has 0 spiro atoms. The van der Waals surface area contributed by atoms with E-state index in [1.165, 1.54) is 11.1 Å². The van der Waals surface area contributed by atoms with E-state index < -0.39 is 0 Å². The lowest BCUT2D eigenvalue weighted by Crippen LogP contribution is -2.10. The number of allylic oxidation sites excluding steroid dienone is 10. The number of likely N-dealkylation sites (N-methyl/N-ethyl adjacent to an activating group) is 1. The van der Waals surface area contributed by atoms with Crippen LogP contribution in [0.2, 0.25) is 0 Å². The maximum Gasteiger partial charge on any atom is 0.0370 e. The van der Waals surface area contributed by atoms with Gasteiger partial charge in [0.15, 0.2) is 0 Å². The number of nitrogens with one attached hydrogen (secondary N) is 2. The highest BCUT2D eigenvalue weighted by Crippen LogP contribution is 2.17. The maximum atomic E-state index is 4.18. The van der Waals surface area contributed by atoms with Gasteiger partial charge in [-0.15, -0.1) is 0 Å². The summed E-state index contributed by atoms with van der Waals surface area (Å²) >= 11 is 3.35. The Morgan fingerprint density at radius 2 is 1.60 bits per heavy atom.